The molecule has 0 bridgehead atoms. The van der Waals surface area contributed by atoms with E-state index < -0.39 is 21.8 Å². The summed E-state index contributed by atoms with van der Waals surface area (Å²) < 4.78 is 27.6. The highest BCUT2D eigenvalue weighted by Gasteiger charge is 2.16. The summed E-state index contributed by atoms with van der Waals surface area (Å²) in [6, 6.07) is 16.5. The minimum absolute atomic E-state index is 0.0129. The average Bonchev–Trinajstić information content (AvgIpc) is 2.74. The molecule has 0 heterocycles. The number of anilines is 1. The van der Waals surface area contributed by atoms with Crippen LogP contribution >= 0.6 is 0 Å². The molecule has 0 fully saturated rings. The fourth-order valence-corrected chi connectivity index (χ4v) is 3.85. The highest BCUT2D eigenvalue weighted by atomic mass is 32.2. The van der Waals surface area contributed by atoms with Crippen LogP contribution in [-0.2, 0) is 10.0 Å². The van der Waals surface area contributed by atoms with E-state index >= 15 is 0 Å². The normalized spacial score (nSPS) is 10.9. The molecule has 0 spiro atoms. The first-order chi connectivity index (χ1) is 14.7. The van der Waals surface area contributed by atoms with Crippen LogP contribution in [0.4, 0.5) is 5.69 Å². The predicted octanol–water partition coefficient (Wildman–Crippen LogP) is 2.88. The molecule has 4 N–H and O–H groups in total. The number of benzene rings is 3. The van der Waals surface area contributed by atoms with Gasteiger partial charge < -0.3 is 5.11 Å². The lowest BCUT2D eigenvalue weighted by Crippen LogP contribution is -2.41. The zero-order valence-electron chi connectivity index (χ0n) is 16.8. The van der Waals surface area contributed by atoms with Crippen LogP contribution in [0.1, 0.15) is 31.8 Å². The molecule has 0 aromatic heterocycles. The zero-order valence-corrected chi connectivity index (χ0v) is 17.7. The molecule has 0 atom stereocenters. The van der Waals surface area contributed by atoms with E-state index in [4.69, 9.17) is 0 Å². The third-order valence-electron chi connectivity index (χ3n) is 4.63. The highest BCUT2D eigenvalue weighted by Crippen LogP contribution is 2.19. The van der Waals surface area contributed by atoms with Crippen LogP contribution in [0.2, 0.25) is 0 Å². The fourth-order valence-electron chi connectivity index (χ4n) is 2.70. The monoisotopic (exact) mass is 439 g/mol. The molecule has 160 valence electrons. The molecule has 31 heavy (non-hydrogen) atoms. The number of phenols is 1. The van der Waals surface area contributed by atoms with Crippen molar-refractivity contribution in [3.63, 3.8) is 0 Å². The molecule has 8 nitrogen and oxygen atoms in total. The van der Waals surface area contributed by atoms with Crippen LogP contribution < -0.4 is 15.6 Å². The second kappa shape index (κ2) is 8.88. The summed E-state index contributed by atoms with van der Waals surface area (Å²) >= 11 is 0. The Morgan fingerprint density at radius 2 is 1.45 bits per heavy atom. The van der Waals surface area contributed by atoms with Gasteiger partial charge in [-0.05, 0) is 73.5 Å². The van der Waals surface area contributed by atoms with Crippen molar-refractivity contribution in [2.24, 2.45) is 0 Å². The predicted molar refractivity (Wildman–Crippen MR) is 116 cm³/mol. The van der Waals surface area contributed by atoms with Gasteiger partial charge in [-0.1, -0.05) is 18.2 Å². The maximum Gasteiger partial charge on any atom is 0.273 e. The number of nitrogens with one attached hydrogen (secondary N) is 3. The Morgan fingerprint density at radius 3 is 2.10 bits per heavy atom. The second-order valence-electron chi connectivity index (χ2n) is 6.85. The van der Waals surface area contributed by atoms with Crippen LogP contribution in [0.5, 0.6) is 5.75 Å². The van der Waals surface area contributed by atoms with Gasteiger partial charge >= 0.3 is 0 Å². The van der Waals surface area contributed by atoms with Crippen molar-refractivity contribution in [2.75, 3.05) is 4.72 Å². The first-order valence-electron chi connectivity index (χ1n) is 9.26. The maximum atomic E-state index is 12.6. The quantitative estimate of drug-likeness (QED) is 0.455. The fraction of sp³-hybridized carbons (Fsp3) is 0.0909. The zero-order chi connectivity index (χ0) is 22.6. The Labute approximate surface area is 180 Å². The van der Waals surface area contributed by atoms with Gasteiger partial charge in [0, 0.05) is 11.3 Å². The van der Waals surface area contributed by atoms with Crippen molar-refractivity contribution in [3.8, 4) is 5.75 Å². The standard InChI is InChI=1S/C22H21N3O5S/c1-14-7-12-18(13-15(14)2)31(29,30)25-17-10-8-16(9-11-17)21(27)23-24-22(28)19-5-3-4-6-20(19)26/h3-13,25-26H,1-2H3,(H,23,27)(H,24,28). The van der Waals surface area contributed by atoms with Crippen LogP contribution in [0.15, 0.2) is 71.6 Å². The van der Waals surface area contributed by atoms with E-state index in [1.165, 1.54) is 42.5 Å². The largest absolute Gasteiger partial charge is 0.507 e. The van der Waals surface area contributed by atoms with Gasteiger partial charge in [0.25, 0.3) is 21.8 Å². The molecule has 0 aliphatic heterocycles. The number of aromatic hydroxyl groups is 1. The van der Waals surface area contributed by atoms with Gasteiger partial charge in [-0.25, -0.2) is 8.42 Å². The Balaban J connectivity index is 1.64. The number of aryl methyl sites for hydroxylation is 2. The van der Waals surface area contributed by atoms with E-state index in [9.17, 15) is 23.1 Å². The molecular formula is C22H21N3O5S. The lowest BCUT2D eigenvalue weighted by atomic mass is 10.1. The van der Waals surface area contributed by atoms with Crippen molar-refractivity contribution in [1.82, 2.24) is 10.9 Å². The van der Waals surface area contributed by atoms with Crippen molar-refractivity contribution in [1.29, 1.82) is 0 Å². The molecule has 3 aromatic carbocycles. The number of hydrogen-bond donors (Lipinski definition) is 4. The number of amides is 2. The van der Waals surface area contributed by atoms with Gasteiger partial charge in [-0.3, -0.25) is 25.2 Å². The molecule has 0 radical (unpaired) electrons. The molecule has 0 aliphatic rings. The van der Waals surface area contributed by atoms with Crippen LogP contribution in [0, 0.1) is 13.8 Å². The Bertz CT molecular complexity index is 1240. The molecule has 2 amide bonds. The third-order valence-corrected chi connectivity index (χ3v) is 6.01. The van der Waals surface area contributed by atoms with E-state index in [2.05, 4.69) is 15.6 Å². The van der Waals surface area contributed by atoms with Crippen molar-refractivity contribution < 1.29 is 23.1 Å². The average molecular weight is 439 g/mol. The topological polar surface area (TPSA) is 125 Å². The van der Waals surface area contributed by atoms with E-state index in [0.29, 0.717) is 0 Å². The number of hydrogen-bond acceptors (Lipinski definition) is 5. The lowest BCUT2D eigenvalue weighted by molar-refractivity contribution is 0.0845. The van der Waals surface area contributed by atoms with Crippen molar-refractivity contribution in [2.45, 2.75) is 18.7 Å². The number of para-hydroxylation sites is 1. The molecule has 0 unspecified atom stereocenters. The number of phenolic OH excluding ortho intramolecular Hbond substituents is 1. The van der Waals surface area contributed by atoms with Gasteiger partial charge in [-0.2, -0.15) is 0 Å². The first kappa shape index (κ1) is 21.8. The van der Waals surface area contributed by atoms with E-state index in [1.807, 2.05) is 13.8 Å². The van der Waals surface area contributed by atoms with Gasteiger partial charge in [0.15, 0.2) is 0 Å². The minimum atomic E-state index is -3.77. The molecule has 0 saturated heterocycles. The van der Waals surface area contributed by atoms with E-state index in [1.54, 1.807) is 24.3 Å². The minimum Gasteiger partial charge on any atom is -0.507 e. The summed E-state index contributed by atoms with van der Waals surface area (Å²) in [5, 5.41) is 9.67. The lowest BCUT2D eigenvalue weighted by Gasteiger charge is -2.11. The second-order valence-corrected chi connectivity index (χ2v) is 8.54. The van der Waals surface area contributed by atoms with E-state index in [-0.39, 0.29) is 27.5 Å². The van der Waals surface area contributed by atoms with Crippen LogP contribution in [0.25, 0.3) is 0 Å². The maximum absolute atomic E-state index is 12.6. The molecule has 0 aliphatic carbocycles. The van der Waals surface area contributed by atoms with Gasteiger partial charge in [0.1, 0.15) is 5.75 Å². The summed E-state index contributed by atoms with van der Waals surface area (Å²) in [6.07, 6.45) is 0. The van der Waals surface area contributed by atoms with Gasteiger partial charge in [0.2, 0.25) is 0 Å². The summed E-state index contributed by atoms with van der Waals surface area (Å²) in [5.74, 6) is -1.49. The van der Waals surface area contributed by atoms with Crippen molar-refractivity contribution >= 4 is 27.5 Å². The Hall–Kier alpha value is -3.85. The molecule has 9 heteroatoms. The summed E-state index contributed by atoms with van der Waals surface area (Å²) in [5.41, 5.74) is 6.80. The summed E-state index contributed by atoms with van der Waals surface area (Å²) in [4.78, 5) is 24.4. The number of hydrazine groups is 1. The van der Waals surface area contributed by atoms with E-state index in [0.717, 1.165) is 11.1 Å². The van der Waals surface area contributed by atoms with Gasteiger partial charge in [-0.15, -0.1) is 0 Å². The third kappa shape index (κ3) is 5.20. The Morgan fingerprint density at radius 1 is 0.806 bits per heavy atom. The molecule has 3 rings (SSSR count). The highest BCUT2D eigenvalue weighted by molar-refractivity contribution is 7.92. The van der Waals surface area contributed by atoms with Crippen LogP contribution in [0.3, 0.4) is 0 Å². The summed E-state index contributed by atoms with van der Waals surface area (Å²) in [7, 11) is -3.77. The molecule has 3 aromatic rings. The molecule has 0 saturated carbocycles. The number of carbonyl (C=O) groups excluding carboxylic acids is 2. The van der Waals surface area contributed by atoms with Gasteiger partial charge in [0.05, 0.1) is 10.5 Å². The first-order valence-corrected chi connectivity index (χ1v) is 10.7. The summed E-state index contributed by atoms with van der Waals surface area (Å²) in [6.45, 7) is 3.73. The number of rotatable bonds is 5. The van der Waals surface area contributed by atoms with Crippen molar-refractivity contribution in [3.05, 3.63) is 89.0 Å². The van der Waals surface area contributed by atoms with Crippen LogP contribution in [-0.4, -0.2) is 25.3 Å². The number of sulfonamides is 1. The molecular weight excluding hydrogens is 418 g/mol. The number of carbonyl (C=O) groups is 2. The SMILES string of the molecule is Cc1ccc(S(=O)(=O)Nc2ccc(C(=O)NNC(=O)c3ccccc3O)cc2)cc1C. The Kier molecular flexibility index (Phi) is 6.26. The smallest absolute Gasteiger partial charge is 0.273 e.